The van der Waals surface area contributed by atoms with Crippen molar-refractivity contribution in [2.75, 3.05) is 11.6 Å². The van der Waals surface area contributed by atoms with E-state index in [1.807, 2.05) is 49.4 Å². The Morgan fingerprint density at radius 2 is 1.63 bits per heavy atom. The van der Waals surface area contributed by atoms with E-state index in [2.05, 4.69) is 5.32 Å². The van der Waals surface area contributed by atoms with Crippen molar-refractivity contribution >= 4 is 33.0 Å². The molecule has 4 nitrogen and oxygen atoms in total. The predicted octanol–water partition coefficient (Wildman–Crippen LogP) is 4.97. The lowest BCUT2D eigenvalue weighted by molar-refractivity contribution is 0.102. The van der Waals surface area contributed by atoms with Crippen LogP contribution in [0.2, 0.25) is 5.02 Å². The first-order valence-corrected chi connectivity index (χ1v) is 10.5. The average molecular weight is 400 g/mol. The molecule has 0 atom stereocenters. The summed E-state index contributed by atoms with van der Waals surface area (Å²) in [6.07, 6.45) is 1.11. The van der Waals surface area contributed by atoms with Crippen LogP contribution in [0.25, 0.3) is 11.1 Å². The number of hydrogen-bond acceptors (Lipinski definition) is 3. The van der Waals surface area contributed by atoms with Crippen molar-refractivity contribution < 1.29 is 13.2 Å². The number of carbonyl (C=O) groups is 1. The van der Waals surface area contributed by atoms with Crippen molar-refractivity contribution in [3.8, 4) is 11.1 Å². The standard InChI is InChI=1S/C21H18ClNO3S/c1-14-11-16(15-5-3-7-18(22)12-15)9-10-20(14)23-21(24)17-6-4-8-19(13-17)27(2,25)26/h3-13H,1-2H3,(H,23,24). The molecule has 1 N–H and O–H groups in total. The monoisotopic (exact) mass is 399 g/mol. The van der Waals surface area contributed by atoms with Gasteiger partial charge >= 0.3 is 0 Å². The summed E-state index contributed by atoms with van der Waals surface area (Å²) >= 11 is 6.05. The molecule has 0 aliphatic rings. The molecule has 0 saturated heterocycles. The Hall–Kier alpha value is -2.63. The van der Waals surface area contributed by atoms with E-state index >= 15 is 0 Å². The van der Waals surface area contributed by atoms with Crippen molar-refractivity contribution in [1.82, 2.24) is 0 Å². The first kappa shape index (κ1) is 19.1. The first-order valence-electron chi connectivity index (χ1n) is 8.22. The minimum absolute atomic E-state index is 0.114. The number of sulfone groups is 1. The summed E-state index contributed by atoms with van der Waals surface area (Å²) in [5.74, 6) is -0.362. The van der Waals surface area contributed by atoms with E-state index in [0.717, 1.165) is 22.9 Å². The van der Waals surface area contributed by atoms with E-state index in [1.54, 1.807) is 12.1 Å². The number of amides is 1. The van der Waals surface area contributed by atoms with Crippen LogP contribution < -0.4 is 5.32 Å². The van der Waals surface area contributed by atoms with E-state index < -0.39 is 9.84 Å². The zero-order valence-corrected chi connectivity index (χ0v) is 16.4. The quantitative estimate of drug-likeness (QED) is 0.673. The Bertz CT molecular complexity index is 1120. The molecule has 138 valence electrons. The molecule has 0 heterocycles. The van der Waals surface area contributed by atoms with Gasteiger partial charge in [0.15, 0.2) is 9.84 Å². The fraction of sp³-hybridized carbons (Fsp3) is 0.0952. The van der Waals surface area contributed by atoms with Crippen molar-refractivity contribution in [2.24, 2.45) is 0 Å². The lowest BCUT2D eigenvalue weighted by Gasteiger charge is -2.11. The van der Waals surface area contributed by atoms with Gasteiger partial charge in [0.25, 0.3) is 5.91 Å². The maximum Gasteiger partial charge on any atom is 0.255 e. The summed E-state index contributed by atoms with van der Waals surface area (Å²) < 4.78 is 23.4. The SMILES string of the molecule is Cc1cc(-c2cccc(Cl)c2)ccc1NC(=O)c1cccc(S(C)(=O)=O)c1. The fourth-order valence-corrected chi connectivity index (χ4v) is 3.57. The molecule has 0 saturated carbocycles. The second kappa shape index (κ2) is 7.55. The van der Waals surface area contributed by atoms with Gasteiger partial charge in [-0.25, -0.2) is 8.42 Å². The number of aryl methyl sites for hydroxylation is 1. The third-order valence-corrected chi connectivity index (χ3v) is 5.50. The van der Waals surface area contributed by atoms with E-state index in [4.69, 9.17) is 11.6 Å². The van der Waals surface area contributed by atoms with Crippen LogP contribution in [-0.4, -0.2) is 20.6 Å². The van der Waals surface area contributed by atoms with E-state index in [9.17, 15) is 13.2 Å². The van der Waals surface area contributed by atoms with Gasteiger partial charge in [0, 0.05) is 22.5 Å². The van der Waals surface area contributed by atoms with Gasteiger partial charge in [-0.15, -0.1) is 0 Å². The third-order valence-electron chi connectivity index (χ3n) is 4.16. The van der Waals surface area contributed by atoms with Crippen LogP contribution in [0.15, 0.2) is 71.6 Å². The second-order valence-electron chi connectivity index (χ2n) is 6.29. The zero-order valence-electron chi connectivity index (χ0n) is 14.9. The lowest BCUT2D eigenvalue weighted by atomic mass is 10.0. The largest absolute Gasteiger partial charge is 0.322 e. The molecule has 0 fully saturated rings. The topological polar surface area (TPSA) is 63.2 Å². The van der Waals surface area contributed by atoms with Crippen LogP contribution in [0.1, 0.15) is 15.9 Å². The highest BCUT2D eigenvalue weighted by Crippen LogP contribution is 2.27. The maximum absolute atomic E-state index is 12.5. The summed E-state index contributed by atoms with van der Waals surface area (Å²) in [7, 11) is -3.37. The number of rotatable bonds is 4. The normalized spacial score (nSPS) is 11.2. The predicted molar refractivity (Wildman–Crippen MR) is 109 cm³/mol. The van der Waals surface area contributed by atoms with Crippen LogP contribution in [0.5, 0.6) is 0 Å². The van der Waals surface area contributed by atoms with Gasteiger partial charge < -0.3 is 5.32 Å². The summed E-state index contributed by atoms with van der Waals surface area (Å²) in [4.78, 5) is 12.6. The second-order valence-corrected chi connectivity index (χ2v) is 8.75. The molecule has 3 aromatic rings. The highest BCUT2D eigenvalue weighted by molar-refractivity contribution is 7.90. The first-order chi connectivity index (χ1) is 12.7. The molecule has 6 heteroatoms. The lowest BCUT2D eigenvalue weighted by Crippen LogP contribution is -2.13. The molecule has 27 heavy (non-hydrogen) atoms. The van der Waals surface area contributed by atoms with Gasteiger partial charge in [-0.05, 0) is 66.1 Å². The Morgan fingerprint density at radius 3 is 2.30 bits per heavy atom. The molecule has 1 amide bonds. The number of nitrogens with one attached hydrogen (secondary N) is 1. The summed E-state index contributed by atoms with van der Waals surface area (Å²) in [6, 6.07) is 19.2. The van der Waals surface area contributed by atoms with Crippen molar-refractivity contribution in [3.05, 3.63) is 82.9 Å². The number of anilines is 1. The summed E-state index contributed by atoms with van der Waals surface area (Å²) in [5, 5.41) is 3.50. The smallest absolute Gasteiger partial charge is 0.255 e. The van der Waals surface area contributed by atoms with Crippen LogP contribution in [0.4, 0.5) is 5.69 Å². The molecule has 0 spiro atoms. The number of carbonyl (C=O) groups excluding carboxylic acids is 1. The Morgan fingerprint density at radius 1 is 0.926 bits per heavy atom. The third kappa shape index (κ3) is 4.56. The minimum atomic E-state index is -3.37. The molecule has 0 aromatic heterocycles. The van der Waals surface area contributed by atoms with Gasteiger partial charge in [-0.2, -0.15) is 0 Å². The molecule has 0 aliphatic carbocycles. The van der Waals surface area contributed by atoms with Crippen LogP contribution in [0.3, 0.4) is 0 Å². The van der Waals surface area contributed by atoms with Crippen molar-refractivity contribution in [2.45, 2.75) is 11.8 Å². The van der Waals surface area contributed by atoms with Crippen molar-refractivity contribution in [1.29, 1.82) is 0 Å². The van der Waals surface area contributed by atoms with E-state index in [1.165, 1.54) is 12.1 Å². The Balaban J connectivity index is 1.85. The minimum Gasteiger partial charge on any atom is -0.322 e. The van der Waals surface area contributed by atoms with Gasteiger partial charge in [-0.1, -0.05) is 35.9 Å². The number of benzene rings is 3. The number of halogens is 1. The fourth-order valence-electron chi connectivity index (χ4n) is 2.71. The van der Waals surface area contributed by atoms with Crippen LogP contribution in [0, 0.1) is 6.92 Å². The molecule has 3 aromatic carbocycles. The van der Waals surface area contributed by atoms with Crippen LogP contribution in [-0.2, 0) is 9.84 Å². The van der Waals surface area contributed by atoms with Crippen LogP contribution >= 0.6 is 11.6 Å². The van der Waals surface area contributed by atoms with Gasteiger partial charge in [0.1, 0.15) is 0 Å². The highest BCUT2D eigenvalue weighted by atomic mass is 35.5. The Kier molecular flexibility index (Phi) is 5.35. The molecule has 0 aliphatic heterocycles. The molecule has 0 bridgehead atoms. The Labute approximate surface area is 163 Å². The molecule has 0 unspecified atom stereocenters. The molecular formula is C21H18ClNO3S. The van der Waals surface area contributed by atoms with Gasteiger partial charge in [0.05, 0.1) is 4.90 Å². The van der Waals surface area contributed by atoms with Gasteiger partial charge in [-0.3, -0.25) is 4.79 Å². The average Bonchev–Trinajstić information content (AvgIpc) is 2.62. The van der Waals surface area contributed by atoms with E-state index in [0.29, 0.717) is 10.7 Å². The molecule has 0 radical (unpaired) electrons. The van der Waals surface area contributed by atoms with Crippen molar-refractivity contribution in [3.63, 3.8) is 0 Å². The maximum atomic E-state index is 12.5. The zero-order chi connectivity index (χ0) is 19.6. The molecular weight excluding hydrogens is 382 g/mol. The van der Waals surface area contributed by atoms with E-state index in [-0.39, 0.29) is 16.4 Å². The summed E-state index contributed by atoms with van der Waals surface area (Å²) in [6.45, 7) is 1.90. The highest BCUT2D eigenvalue weighted by Gasteiger charge is 2.13. The summed E-state index contributed by atoms with van der Waals surface area (Å²) in [5.41, 5.74) is 3.82. The number of hydrogen-bond donors (Lipinski definition) is 1. The van der Waals surface area contributed by atoms with Gasteiger partial charge in [0.2, 0.25) is 0 Å². The molecule has 3 rings (SSSR count).